The summed E-state index contributed by atoms with van der Waals surface area (Å²) in [5.74, 6) is -1.59. The van der Waals surface area contributed by atoms with Crippen LogP contribution in [0.5, 0.6) is 0 Å². The summed E-state index contributed by atoms with van der Waals surface area (Å²) in [5, 5.41) is 9.73. The van der Waals surface area contributed by atoms with Gasteiger partial charge < -0.3 is 24.2 Å². The molecule has 0 spiro atoms. The third-order valence-corrected chi connectivity index (χ3v) is 10.6. The fourth-order valence-electron chi connectivity index (χ4n) is 5.99. The van der Waals surface area contributed by atoms with Gasteiger partial charge in [0.2, 0.25) is 0 Å². The zero-order valence-electron chi connectivity index (χ0n) is 38.8. The maximum atomic E-state index is 12.8. The number of allylic oxidation sites excluding steroid dienone is 12. The van der Waals surface area contributed by atoms with Gasteiger partial charge in [-0.1, -0.05) is 171 Å². The van der Waals surface area contributed by atoms with Crippen molar-refractivity contribution in [2.45, 2.75) is 200 Å². The summed E-state index contributed by atoms with van der Waals surface area (Å²) >= 11 is 0. The Kier molecular flexibility index (Phi) is 42.3. The highest BCUT2D eigenvalue weighted by atomic mass is 31.2. The summed E-state index contributed by atoms with van der Waals surface area (Å²) in [4.78, 5) is 48.0. The summed E-state index contributed by atoms with van der Waals surface area (Å²) in [7, 11) is -4.75. The largest absolute Gasteiger partial charge is 0.472 e. The predicted octanol–water partition coefficient (Wildman–Crippen LogP) is 13.0. The molecule has 0 radical (unpaired) electrons. The van der Waals surface area contributed by atoms with Crippen molar-refractivity contribution in [1.82, 2.24) is 0 Å². The Morgan fingerprint density at radius 1 is 0.468 bits per heavy atom. The van der Waals surface area contributed by atoms with Crippen LogP contribution in [0.4, 0.5) is 0 Å². The molecule has 0 aliphatic heterocycles. The van der Waals surface area contributed by atoms with Gasteiger partial charge in [-0.05, 0) is 70.6 Å². The molecule has 62 heavy (non-hydrogen) atoms. The minimum absolute atomic E-state index is 0.0447. The van der Waals surface area contributed by atoms with Gasteiger partial charge in [-0.15, -0.1) is 0 Å². The number of hydrogen-bond donors (Lipinski definition) is 2. The molecule has 2 N–H and O–H groups in total. The molecular formula is C50H85O11P. The normalized spacial score (nSPS) is 14.2. The molecule has 0 aromatic rings. The van der Waals surface area contributed by atoms with Crippen LogP contribution in [0.1, 0.15) is 188 Å². The van der Waals surface area contributed by atoms with Crippen molar-refractivity contribution < 1.29 is 52.2 Å². The first-order chi connectivity index (χ1) is 30.2. The zero-order valence-corrected chi connectivity index (χ0v) is 39.7. The summed E-state index contributed by atoms with van der Waals surface area (Å²) in [5.41, 5.74) is 0. The molecule has 3 unspecified atom stereocenters. The van der Waals surface area contributed by atoms with Crippen LogP contribution in [0.25, 0.3) is 0 Å². The second-order valence-electron chi connectivity index (χ2n) is 15.5. The maximum absolute atomic E-state index is 12.8. The van der Waals surface area contributed by atoms with Crippen LogP contribution in [0.2, 0.25) is 0 Å². The molecule has 0 saturated carbocycles. The SMILES string of the molecule is CC/C=C\C/C=C\C/C=C\C/C=C\CCC(=O)OC(COC(=O)CCCCCCCCCCC)COP(=O)(O)OCC(CO)OC(=O)CCCCCCC/C=C\C/C=C\CCC. The zero-order chi connectivity index (χ0) is 45.6. The van der Waals surface area contributed by atoms with E-state index in [1.54, 1.807) is 0 Å². The summed E-state index contributed by atoms with van der Waals surface area (Å²) in [6, 6.07) is 0. The number of esters is 3. The third-order valence-electron chi connectivity index (χ3n) is 9.61. The third kappa shape index (κ3) is 42.2. The molecule has 0 aliphatic rings. The molecule has 0 heterocycles. The van der Waals surface area contributed by atoms with E-state index in [1.165, 1.54) is 32.1 Å². The number of carbonyl (C=O) groups is 3. The fourth-order valence-corrected chi connectivity index (χ4v) is 6.78. The van der Waals surface area contributed by atoms with Gasteiger partial charge in [0.15, 0.2) is 6.10 Å². The van der Waals surface area contributed by atoms with Gasteiger partial charge >= 0.3 is 25.7 Å². The molecule has 0 saturated heterocycles. The molecule has 0 aromatic heterocycles. The number of aliphatic hydroxyl groups excluding tert-OH is 1. The van der Waals surface area contributed by atoms with E-state index < -0.39 is 57.8 Å². The van der Waals surface area contributed by atoms with Gasteiger partial charge in [-0.2, -0.15) is 0 Å². The van der Waals surface area contributed by atoms with Crippen LogP contribution >= 0.6 is 7.82 Å². The minimum atomic E-state index is -4.75. The van der Waals surface area contributed by atoms with Crippen molar-refractivity contribution in [2.24, 2.45) is 0 Å². The number of phosphoric ester groups is 1. The van der Waals surface area contributed by atoms with E-state index in [1.807, 2.05) is 12.2 Å². The predicted molar refractivity (Wildman–Crippen MR) is 251 cm³/mol. The second-order valence-corrected chi connectivity index (χ2v) is 17.0. The molecular weight excluding hydrogens is 808 g/mol. The van der Waals surface area contributed by atoms with Gasteiger partial charge in [-0.25, -0.2) is 4.57 Å². The quantitative estimate of drug-likeness (QED) is 0.0198. The van der Waals surface area contributed by atoms with Crippen molar-refractivity contribution in [3.63, 3.8) is 0 Å². The highest BCUT2D eigenvalue weighted by molar-refractivity contribution is 7.47. The Morgan fingerprint density at radius 2 is 0.903 bits per heavy atom. The summed E-state index contributed by atoms with van der Waals surface area (Å²) in [6.07, 6.45) is 46.2. The molecule has 0 fully saturated rings. The molecule has 0 aliphatic carbocycles. The van der Waals surface area contributed by atoms with Gasteiger partial charge in [-0.3, -0.25) is 23.4 Å². The lowest BCUT2D eigenvalue weighted by atomic mass is 10.1. The van der Waals surface area contributed by atoms with Crippen LogP contribution in [-0.2, 0) is 42.2 Å². The van der Waals surface area contributed by atoms with E-state index in [2.05, 4.69) is 81.5 Å². The Bertz CT molecular complexity index is 1320. The number of ether oxygens (including phenoxy) is 3. The number of carbonyl (C=O) groups excluding carboxylic acids is 3. The Hall–Kier alpha value is -3.08. The molecule has 0 rings (SSSR count). The molecule has 0 amide bonds. The molecule has 356 valence electrons. The Morgan fingerprint density at radius 3 is 1.45 bits per heavy atom. The number of hydrogen-bond acceptors (Lipinski definition) is 10. The van der Waals surface area contributed by atoms with E-state index in [0.717, 1.165) is 96.3 Å². The van der Waals surface area contributed by atoms with Gasteiger partial charge in [0, 0.05) is 19.3 Å². The Balaban J connectivity index is 4.82. The van der Waals surface area contributed by atoms with E-state index in [4.69, 9.17) is 23.3 Å². The Labute approximate surface area is 376 Å². The average Bonchev–Trinajstić information content (AvgIpc) is 3.25. The van der Waals surface area contributed by atoms with Crippen molar-refractivity contribution in [3.8, 4) is 0 Å². The molecule has 0 aromatic carbocycles. The molecule has 12 heteroatoms. The lowest BCUT2D eigenvalue weighted by molar-refractivity contribution is -0.161. The molecule has 11 nitrogen and oxygen atoms in total. The van der Waals surface area contributed by atoms with Crippen molar-refractivity contribution in [2.75, 3.05) is 26.4 Å². The first kappa shape index (κ1) is 58.9. The number of unbranched alkanes of at least 4 members (excludes halogenated alkanes) is 14. The van der Waals surface area contributed by atoms with E-state index in [0.29, 0.717) is 19.3 Å². The topological polar surface area (TPSA) is 155 Å². The van der Waals surface area contributed by atoms with Gasteiger partial charge in [0.1, 0.15) is 12.7 Å². The summed E-state index contributed by atoms with van der Waals surface area (Å²) < 4.78 is 39.1. The van der Waals surface area contributed by atoms with Crippen molar-refractivity contribution in [3.05, 3.63) is 72.9 Å². The van der Waals surface area contributed by atoms with Crippen LogP contribution in [0.15, 0.2) is 72.9 Å². The molecule has 3 atom stereocenters. The molecule has 0 bridgehead atoms. The summed E-state index contributed by atoms with van der Waals surface area (Å²) in [6.45, 7) is 4.30. The minimum Gasteiger partial charge on any atom is -0.462 e. The number of rotatable bonds is 43. The van der Waals surface area contributed by atoms with E-state index in [-0.39, 0.29) is 25.9 Å². The van der Waals surface area contributed by atoms with Gasteiger partial charge in [0.05, 0.1) is 19.8 Å². The first-order valence-electron chi connectivity index (χ1n) is 23.8. The average molecular weight is 893 g/mol. The maximum Gasteiger partial charge on any atom is 0.472 e. The fraction of sp³-hybridized carbons (Fsp3) is 0.700. The lowest BCUT2D eigenvalue weighted by Crippen LogP contribution is -2.30. The highest BCUT2D eigenvalue weighted by Crippen LogP contribution is 2.43. The monoisotopic (exact) mass is 893 g/mol. The van der Waals surface area contributed by atoms with Crippen molar-refractivity contribution >= 4 is 25.7 Å². The van der Waals surface area contributed by atoms with Crippen LogP contribution in [0, 0.1) is 0 Å². The highest BCUT2D eigenvalue weighted by Gasteiger charge is 2.28. The van der Waals surface area contributed by atoms with E-state index >= 15 is 0 Å². The number of phosphoric acid groups is 1. The van der Waals surface area contributed by atoms with Gasteiger partial charge in [0.25, 0.3) is 0 Å². The standard InChI is InChI=1S/C50H85O11P/c1-4-7-10-13-16-19-21-23-25-28-31-34-37-40-49(53)60-46(42-51)44-58-62(55,56)59-45-47(43-57-48(52)39-36-33-30-27-18-15-12-9-6-3)61-50(54)41-38-35-32-29-26-24-22-20-17-14-11-8-5-2/h8,10-11,13,17,19-21,24,26,32,35,46-47,51H,4-7,9,12,14-16,18,22-23,25,27-31,33-34,36-45H2,1-3H3,(H,55,56)/b11-8-,13-10-,20-17-,21-19-,26-24-,35-32-. The van der Waals surface area contributed by atoms with Crippen LogP contribution < -0.4 is 0 Å². The second kappa shape index (κ2) is 44.5. The first-order valence-corrected chi connectivity index (χ1v) is 25.3. The van der Waals surface area contributed by atoms with Crippen LogP contribution in [0.3, 0.4) is 0 Å². The number of aliphatic hydroxyl groups is 1. The van der Waals surface area contributed by atoms with Crippen LogP contribution in [-0.4, -0.2) is 66.5 Å². The van der Waals surface area contributed by atoms with E-state index in [9.17, 15) is 28.9 Å². The smallest absolute Gasteiger partial charge is 0.462 e. The van der Waals surface area contributed by atoms with Crippen molar-refractivity contribution in [1.29, 1.82) is 0 Å². The lowest BCUT2D eigenvalue weighted by Gasteiger charge is -2.21.